The number of ether oxygens (including phenoxy) is 1. The lowest BCUT2D eigenvalue weighted by Gasteiger charge is -2.15. The second kappa shape index (κ2) is 4.99. The molecule has 4 nitrogen and oxygen atoms in total. The smallest absolute Gasteiger partial charge is 0.166 e. The molecule has 0 fully saturated rings. The van der Waals surface area contributed by atoms with Crippen molar-refractivity contribution in [3.63, 3.8) is 0 Å². The highest BCUT2D eigenvalue weighted by Crippen LogP contribution is 2.28. The minimum absolute atomic E-state index is 0.0474. The van der Waals surface area contributed by atoms with E-state index in [2.05, 4.69) is 4.99 Å². The van der Waals surface area contributed by atoms with Crippen molar-refractivity contribution in [2.24, 2.45) is 4.99 Å². The topological polar surface area (TPSA) is 62.0 Å². The van der Waals surface area contributed by atoms with Crippen LogP contribution in [0.15, 0.2) is 23.2 Å². The molecule has 0 radical (unpaired) electrons. The van der Waals surface area contributed by atoms with E-state index in [1.54, 1.807) is 32.0 Å². The van der Waals surface area contributed by atoms with Crippen molar-refractivity contribution in [1.29, 1.82) is 0 Å². The van der Waals surface area contributed by atoms with Gasteiger partial charge >= 0.3 is 0 Å². The van der Waals surface area contributed by atoms with Gasteiger partial charge in [0, 0.05) is 11.8 Å². The van der Waals surface area contributed by atoms with Gasteiger partial charge in [0.25, 0.3) is 0 Å². The normalized spacial score (nSPS) is 12.0. The van der Waals surface area contributed by atoms with Gasteiger partial charge in [0.2, 0.25) is 0 Å². The van der Waals surface area contributed by atoms with Crippen LogP contribution in [-0.4, -0.2) is 35.7 Å². The Morgan fingerprint density at radius 2 is 2.12 bits per heavy atom. The molecular formula is C12H17NO3. The van der Waals surface area contributed by atoms with E-state index in [-0.39, 0.29) is 12.4 Å². The first kappa shape index (κ1) is 12.5. The number of nitrogens with zero attached hydrogens (tertiary/aromatic N) is 1. The molecule has 0 aliphatic carbocycles. The van der Waals surface area contributed by atoms with Gasteiger partial charge in [-0.3, -0.25) is 4.99 Å². The molecule has 0 aromatic heterocycles. The number of methoxy groups -OCH3 is 1. The lowest BCUT2D eigenvalue weighted by molar-refractivity contribution is 0.223. The minimum atomic E-state index is -0.546. The number of rotatable bonds is 4. The number of aliphatic hydroxyl groups excluding tert-OH is 1. The first-order chi connectivity index (χ1) is 7.50. The molecule has 0 unspecified atom stereocenters. The molecule has 1 aromatic rings. The van der Waals surface area contributed by atoms with Crippen molar-refractivity contribution in [2.45, 2.75) is 19.4 Å². The number of phenols is 1. The van der Waals surface area contributed by atoms with E-state index in [9.17, 15) is 5.11 Å². The summed E-state index contributed by atoms with van der Waals surface area (Å²) in [7, 11) is 1.49. The molecule has 0 saturated heterocycles. The Kier molecular flexibility index (Phi) is 3.90. The lowest BCUT2D eigenvalue weighted by atomic mass is 10.1. The van der Waals surface area contributed by atoms with Gasteiger partial charge in [-0.25, -0.2) is 0 Å². The van der Waals surface area contributed by atoms with Crippen LogP contribution >= 0.6 is 0 Å². The fourth-order valence-corrected chi connectivity index (χ4v) is 1.09. The van der Waals surface area contributed by atoms with E-state index >= 15 is 0 Å². The van der Waals surface area contributed by atoms with E-state index in [1.165, 1.54) is 13.3 Å². The Balaban J connectivity index is 2.98. The molecule has 4 heteroatoms. The van der Waals surface area contributed by atoms with Crippen molar-refractivity contribution in [1.82, 2.24) is 0 Å². The molecule has 88 valence electrons. The molecule has 0 amide bonds. The van der Waals surface area contributed by atoms with Crippen molar-refractivity contribution < 1.29 is 14.9 Å². The summed E-state index contributed by atoms with van der Waals surface area (Å²) in [5, 5.41) is 18.8. The van der Waals surface area contributed by atoms with Gasteiger partial charge in [-0.15, -0.1) is 0 Å². The molecule has 0 bridgehead atoms. The number of hydrogen-bond acceptors (Lipinski definition) is 4. The molecule has 0 heterocycles. The van der Waals surface area contributed by atoms with Crippen molar-refractivity contribution in [2.75, 3.05) is 13.7 Å². The van der Waals surface area contributed by atoms with Crippen LogP contribution in [-0.2, 0) is 0 Å². The monoisotopic (exact) mass is 223 g/mol. The molecule has 0 spiro atoms. The number of aromatic hydroxyl groups is 1. The molecule has 0 aliphatic heterocycles. The number of phenolic OH excluding ortho intramolecular Hbond substituents is 1. The third-order valence-corrected chi connectivity index (χ3v) is 2.19. The van der Waals surface area contributed by atoms with Crippen LogP contribution in [0.4, 0.5) is 0 Å². The molecule has 2 N–H and O–H groups in total. The van der Waals surface area contributed by atoms with Gasteiger partial charge in [0.1, 0.15) is 0 Å². The SMILES string of the molecule is COc1cccc(C=NC(C)(C)CO)c1O. The molecule has 1 aromatic carbocycles. The Labute approximate surface area is 95.2 Å². The van der Waals surface area contributed by atoms with Gasteiger partial charge in [-0.05, 0) is 26.0 Å². The average Bonchev–Trinajstić information content (AvgIpc) is 2.28. The van der Waals surface area contributed by atoms with Gasteiger partial charge in [-0.1, -0.05) is 6.07 Å². The van der Waals surface area contributed by atoms with E-state index in [4.69, 9.17) is 9.84 Å². The van der Waals surface area contributed by atoms with Crippen LogP contribution in [0.5, 0.6) is 11.5 Å². The quantitative estimate of drug-likeness (QED) is 0.762. The van der Waals surface area contributed by atoms with Crippen molar-refractivity contribution in [3.05, 3.63) is 23.8 Å². The number of aliphatic hydroxyl groups is 1. The summed E-state index contributed by atoms with van der Waals surface area (Å²) in [4.78, 5) is 4.19. The van der Waals surface area contributed by atoms with Crippen LogP contribution in [0.2, 0.25) is 0 Å². The molecular weight excluding hydrogens is 206 g/mol. The van der Waals surface area contributed by atoms with E-state index < -0.39 is 5.54 Å². The third kappa shape index (κ3) is 2.97. The number of para-hydroxylation sites is 1. The maximum Gasteiger partial charge on any atom is 0.166 e. The maximum atomic E-state index is 9.78. The molecule has 16 heavy (non-hydrogen) atoms. The van der Waals surface area contributed by atoms with E-state index in [1.807, 2.05) is 0 Å². The average molecular weight is 223 g/mol. The van der Waals surface area contributed by atoms with E-state index in [0.29, 0.717) is 11.3 Å². The zero-order valence-corrected chi connectivity index (χ0v) is 9.77. The number of hydrogen-bond donors (Lipinski definition) is 2. The van der Waals surface area contributed by atoms with Gasteiger partial charge in [-0.2, -0.15) is 0 Å². The summed E-state index contributed by atoms with van der Waals surface area (Å²) < 4.78 is 4.98. The Morgan fingerprint density at radius 3 is 2.69 bits per heavy atom. The van der Waals surface area contributed by atoms with Crippen LogP contribution in [0.25, 0.3) is 0 Å². The second-order valence-electron chi connectivity index (χ2n) is 4.13. The fourth-order valence-electron chi connectivity index (χ4n) is 1.09. The Morgan fingerprint density at radius 1 is 1.44 bits per heavy atom. The molecule has 0 saturated carbocycles. The van der Waals surface area contributed by atoms with Gasteiger partial charge in [0.15, 0.2) is 11.5 Å². The standard InChI is InChI=1S/C12H17NO3/c1-12(2,8-14)13-7-9-5-4-6-10(16-3)11(9)15/h4-7,14-15H,8H2,1-3H3. The summed E-state index contributed by atoms with van der Waals surface area (Å²) in [6.45, 7) is 3.57. The summed E-state index contributed by atoms with van der Waals surface area (Å²) in [6, 6.07) is 5.17. The zero-order valence-electron chi connectivity index (χ0n) is 9.77. The first-order valence-corrected chi connectivity index (χ1v) is 5.02. The summed E-state index contributed by atoms with van der Waals surface area (Å²) in [6.07, 6.45) is 1.54. The first-order valence-electron chi connectivity index (χ1n) is 5.02. The van der Waals surface area contributed by atoms with Crippen LogP contribution in [0, 0.1) is 0 Å². The van der Waals surface area contributed by atoms with Crippen LogP contribution < -0.4 is 4.74 Å². The molecule has 0 aliphatic rings. The lowest BCUT2D eigenvalue weighted by Crippen LogP contribution is -2.21. The van der Waals surface area contributed by atoms with Gasteiger partial charge in [0.05, 0.1) is 19.3 Å². The third-order valence-electron chi connectivity index (χ3n) is 2.19. The van der Waals surface area contributed by atoms with Crippen LogP contribution in [0.1, 0.15) is 19.4 Å². The summed E-state index contributed by atoms with van der Waals surface area (Å²) in [5.41, 5.74) is 0.0241. The van der Waals surface area contributed by atoms with Crippen molar-refractivity contribution in [3.8, 4) is 11.5 Å². The predicted molar refractivity (Wildman–Crippen MR) is 63.4 cm³/mol. The summed E-state index contributed by atoms with van der Waals surface area (Å²) >= 11 is 0. The minimum Gasteiger partial charge on any atom is -0.504 e. The Hall–Kier alpha value is -1.55. The fraction of sp³-hybridized carbons (Fsp3) is 0.417. The second-order valence-corrected chi connectivity index (χ2v) is 4.13. The molecule has 1 rings (SSSR count). The van der Waals surface area contributed by atoms with E-state index in [0.717, 1.165) is 0 Å². The highest BCUT2D eigenvalue weighted by atomic mass is 16.5. The van der Waals surface area contributed by atoms with Crippen LogP contribution in [0.3, 0.4) is 0 Å². The predicted octanol–water partition coefficient (Wildman–Crippen LogP) is 1.59. The maximum absolute atomic E-state index is 9.78. The zero-order chi connectivity index (χ0) is 12.2. The highest BCUT2D eigenvalue weighted by Gasteiger charge is 2.13. The Bertz CT molecular complexity index is 386. The van der Waals surface area contributed by atoms with Gasteiger partial charge < -0.3 is 14.9 Å². The number of benzene rings is 1. The largest absolute Gasteiger partial charge is 0.504 e. The number of aliphatic imine (C=N–C) groups is 1. The summed E-state index contributed by atoms with van der Waals surface area (Å²) in [5.74, 6) is 0.466. The molecule has 0 atom stereocenters. The highest BCUT2D eigenvalue weighted by molar-refractivity contribution is 5.85. The van der Waals surface area contributed by atoms with Crippen molar-refractivity contribution >= 4 is 6.21 Å².